The second kappa shape index (κ2) is 6.77. The minimum absolute atomic E-state index is 0.678. The average Bonchev–Trinajstić information content (AvgIpc) is 2.61. The van der Waals surface area contributed by atoms with Crippen molar-refractivity contribution in [2.75, 3.05) is 0 Å². The van der Waals surface area contributed by atoms with Gasteiger partial charge in [0.1, 0.15) is 0 Å². The van der Waals surface area contributed by atoms with Crippen molar-refractivity contribution >= 4 is 6.29 Å². The van der Waals surface area contributed by atoms with Gasteiger partial charge in [-0.25, -0.2) is 0 Å². The first-order valence-corrected chi connectivity index (χ1v) is 7.50. The van der Waals surface area contributed by atoms with Crippen molar-refractivity contribution < 1.29 is 4.79 Å². The fraction of sp³-hybridized carbons (Fsp3) is 0.0455. The monoisotopic (exact) mass is 296 g/mol. The minimum Gasteiger partial charge on any atom is -0.298 e. The first-order valence-electron chi connectivity index (χ1n) is 7.50. The molecular weight excluding hydrogens is 280 g/mol. The number of carbonyl (C=O) groups is 1. The van der Waals surface area contributed by atoms with Gasteiger partial charge < -0.3 is 0 Å². The van der Waals surface area contributed by atoms with Crippen LogP contribution in [0.3, 0.4) is 0 Å². The Bertz CT molecular complexity index is 893. The van der Waals surface area contributed by atoms with Gasteiger partial charge in [-0.05, 0) is 36.2 Å². The van der Waals surface area contributed by atoms with Gasteiger partial charge in [-0.2, -0.15) is 0 Å². The van der Waals surface area contributed by atoms with E-state index in [2.05, 4.69) is 30.9 Å². The van der Waals surface area contributed by atoms with Crippen LogP contribution in [0.1, 0.15) is 27.0 Å². The second-order valence-electron chi connectivity index (χ2n) is 5.37. The van der Waals surface area contributed by atoms with E-state index in [0.717, 1.165) is 28.5 Å². The van der Waals surface area contributed by atoms with Gasteiger partial charge in [-0.15, -0.1) is 0 Å². The van der Waals surface area contributed by atoms with E-state index in [4.69, 9.17) is 0 Å². The topological polar surface area (TPSA) is 17.1 Å². The Morgan fingerprint density at radius 3 is 2.13 bits per heavy atom. The lowest BCUT2D eigenvalue weighted by atomic mass is 9.96. The highest BCUT2D eigenvalue weighted by molar-refractivity contribution is 5.89. The van der Waals surface area contributed by atoms with E-state index in [9.17, 15) is 4.79 Å². The number of hydrogen-bond donors (Lipinski definition) is 0. The Hall–Kier alpha value is -3.11. The predicted octanol–water partition coefficient (Wildman–Crippen LogP) is 4.87. The standard InChI is InChI=1S/C22H16O/c1-17-10-12-18(13-11-17)14-15-19-6-2-4-8-21(19)22-9-5-3-7-20(22)16-23/h2-13,16H,1H3. The molecule has 0 aliphatic carbocycles. The molecule has 0 aromatic heterocycles. The quantitative estimate of drug-likeness (QED) is 0.487. The molecular formula is C22H16O. The van der Waals surface area contributed by atoms with E-state index in [-0.39, 0.29) is 0 Å². The fourth-order valence-corrected chi connectivity index (χ4v) is 2.45. The molecule has 0 N–H and O–H groups in total. The first kappa shape index (κ1) is 14.8. The highest BCUT2D eigenvalue weighted by atomic mass is 16.1. The van der Waals surface area contributed by atoms with Gasteiger partial charge in [-0.1, -0.05) is 72.0 Å². The summed E-state index contributed by atoms with van der Waals surface area (Å²) in [4.78, 5) is 11.3. The molecule has 1 nitrogen and oxygen atoms in total. The molecule has 0 aliphatic heterocycles. The van der Waals surface area contributed by atoms with Crippen molar-refractivity contribution in [1.29, 1.82) is 0 Å². The third kappa shape index (κ3) is 3.39. The zero-order valence-corrected chi connectivity index (χ0v) is 12.9. The molecule has 0 radical (unpaired) electrons. The maximum atomic E-state index is 11.3. The summed E-state index contributed by atoms with van der Waals surface area (Å²) in [5.74, 6) is 6.43. The van der Waals surface area contributed by atoms with Gasteiger partial charge in [0.2, 0.25) is 0 Å². The van der Waals surface area contributed by atoms with Crippen molar-refractivity contribution in [2.24, 2.45) is 0 Å². The largest absolute Gasteiger partial charge is 0.298 e. The lowest BCUT2D eigenvalue weighted by Crippen LogP contribution is -1.90. The Labute approximate surface area is 136 Å². The zero-order valence-electron chi connectivity index (χ0n) is 12.9. The smallest absolute Gasteiger partial charge is 0.150 e. The first-order chi connectivity index (χ1) is 11.3. The molecule has 0 aliphatic rings. The normalized spacial score (nSPS) is 9.78. The van der Waals surface area contributed by atoms with Gasteiger partial charge >= 0.3 is 0 Å². The number of carbonyl (C=O) groups excluding carboxylic acids is 1. The summed E-state index contributed by atoms with van der Waals surface area (Å²) in [5, 5.41) is 0. The predicted molar refractivity (Wildman–Crippen MR) is 94.4 cm³/mol. The van der Waals surface area contributed by atoms with Crippen molar-refractivity contribution in [3.8, 4) is 23.0 Å². The van der Waals surface area contributed by atoms with Crippen molar-refractivity contribution in [3.63, 3.8) is 0 Å². The maximum absolute atomic E-state index is 11.3. The molecule has 0 bridgehead atoms. The van der Waals surface area contributed by atoms with E-state index in [1.165, 1.54) is 5.56 Å². The van der Waals surface area contributed by atoms with E-state index in [0.29, 0.717) is 5.56 Å². The van der Waals surface area contributed by atoms with E-state index < -0.39 is 0 Å². The van der Waals surface area contributed by atoms with Crippen LogP contribution >= 0.6 is 0 Å². The maximum Gasteiger partial charge on any atom is 0.150 e. The van der Waals surface area contributed by atoms with Crippen LogP contribution in [0.25, 0.3) is 11.1 Å². The second-order valence-corrected chi connectivity index (χ2v) is 5.37. The molecule has 0 saturated carbocycles. The summed E-state index contributed by atoms with van der Waals surface area (Å²) < 4.78 is 0. The molecule has 0 saturated heterocycles. The van der Waals surface area contributed by atoms with Gasteiger partial charge in [-0.3, -0.25) is 4.79 Å². The Balaban J connectivity index is 2.05. The highest BCUT2D eigenvalue weighted by Gasteiger charge is 2.06. The Kier molecular flexibility index (Phi) is 4.36. The molecule has 3 aromatic carbocycles. The molecule has 3 rings (SSSR count). The van der Waals surface area contributed by atoms with E-state index >= 15 is 0 Å². The summed E-state index contributed by atoms with van der Waals surface area (Å²) in [7, 11) is 0. The number of benzene rings is 3. The molecule has 110 valence electrons. The van der Waals surface area contributed by atoms with Crippen LogP contribution in [0.2, 0.25) is 0 Å². The molecule has 1 heteroatoms. The van der Waals surface area contributed by atoms with Crippen LogP contribution in [-0.4, -0.2) is 6.29 Å². The summed E-state index contributed by atoms with van der Waals surface area (Å²) in [5.41, 5.74) is 5.69. The van der Waals surface area contributed by atoms with Crippen LogP contribution < -0.4 is 0 Å². The molecule has 0 heterocycles. The van der Waals surface area contributed by atoms with Crippen LogP contribution in [0.4, 0.5) is 0 Å². The SMILES string of the molecule is Cc1ccc(C#Cc2ccccc2-c2ccccc2C=O)cc1. The van der Waals surface area contributed by atoms with Crippen molar-refractivity contribution in [2.45, 2.75) is 6.92 Å². The Morgan fingerprint density at radius 1 is 0.739 bits per heavy atom. The van der Waals surface area contributed by atoms with Gasteiger partial charge in [0.15, 0.2) is 6.29 Å². The molecule has 23 heavy (non-hydrogen) atoms. The lowest BCUT2D eigenvalue weighted by molar-refractivity contribution is 0.112. The zero-order chi connectivity index (χ0) is 16.1. The van der Waals surface area contributed by atoms with Crippen LogP contribution in [0.15, 0.2) is 72.8 Å². The van der Waals surface area contributed by atoms with Gasteiger partial charge in [0.05, 0.1) is 0 Å². The van der Waals surface area contributed by atoms with Gasteiger partial charge in [0.25, 0.3) is 0 Å². The minimum atomic E-state index is 0.678. The van der Waals surface area contributed by atoms with Crippen LogP contribution in [0.5, 0.6) is 0 Å². The van der Waals surface area contributed by atoms with Crippen molar-refractivity contribution in [1.82, 2.24) is 0 Å². The third-order valence-electron chi connectivity index (χ3n) is 3.70. The summed E-state index contributed by atoms with van der Waals surface area (Å²) in [6.07, 6.45) is 0.888. The summed E-state index contributed by atoms with van der Waals surface area (Å²) in [6.45, 7) is 2.06. The third-order valence-corrected chi connectivity index (χ3v) is 3.70. The molecule has 3 aromatic rings. The summed E-state index contributed by atoms with van der Waals surface area (Å²) >= 11 is 0. The fourth-order valence-electron chi connectivity index (χ4n) is 2.45. The summed E-state index contributed by atoms with van der Waals surface area (Å²) in [6, 6.07) is 23.6. The number of hydrogen-bond acceptors (Lipinski definition) is 1. The average molecular weight is 296 g/mol. The highest BCUT2D eigenvalue weighted by Crippen LogP contribution is 2.25. The van der Waals surface area contributed by atoms with E-state index in [1.807, 2.05) is 60.7 Å². The van der Waals surface area contributed by atoms with Crippen LogP contribution in [0, 0.1) is 18.8 Å². The van der Waals surface area contributed by atoms with Crippen LogP contribution in [-0.2, 0) is 0 Å². The number of rotatable bonds is 2. The number of aldehydes is 1. The molecule has 0 fully saturated rings. The van der Waals surface area contributed by atoms with Crippen molar-refractivity contribution in [3.05, 3.63) is 95.1 Å². The molecule has 0 spiro atoms. The molecule has 0 unspecified atom stereocenters. The molecule has 0 atom stereocenters. The number of aryl methyl sites for hydroxylation is 1. The van der Waals surface area contributed by atoms with E-state index in [1.54, 1.807) is 0 Å². The lowest BCUT2D eigenvalue weighted by Gasteiger charge is -2.07. The molecule has 0 amide bonds. The van der Waals surface area contributed by atoms with Gasteiger partial charge in [0, 0.05) is 16.7 Å². The Morgan fingerprint density at radius 2 is 1.39 bits per heavy atom.